The number of hydrogen-bond donors (Lipinski definition) is 2. The van der Waals surface area contributed by atoms with Gasteiger partial charge in [-0.3, -0.25) is 0 Å². The highest BCUT2D eigenvalue weighted by atomic mass is 35.5. The maximum atomic E-state index is 13.1. The normalized spacial score (nSPS) is 17.2. The molecule has 0 heterocycles. The average molecular weight is 292 g/mol. The molecule has 104 valence electrons. The van der Waals surface area contributed by atoms with E-state index in [-0.39, 0.29) is 11.1 Å². The van der Waals surface area contributed by atoms with Crippen LogP contribution in [-0.4, -0.2) is 5.11 Å². The van der Waals surface area contributed by atoms with Gasteiger partial charge in [-0.2, -0.15) is 0 Å². The van der Waals surface area contributed by atoms with Crippen molar-refractivity contribution in [3.8, 4) is 5.75 Å². The second kappa shape index (κ2) is 5.43. The maximum absolute atomic E-state index is 13.1. The summed E-state index contributed by atoms with van der Waals surface area (Å²) in [5.41, 5.74) is 3.13. The van der Waals surface area contributed by atoms with Crippen LogP contribution in [0.1, 0.15) is 29.2 Å². The Morgan fingerprint density at radius 3 is 2.95 bits per heavy atom. The van der Waals surface area contributed by atoms with Gasteiger partial charge >= 0.3 is 0 Å². The third-order valence-electron chi connectivity index (χ3n) is 3.78. The van der Waals surface area contributed by atoms with Crippen molar-refractivity contribution in [1.29, 1.82) is 0 Å². The minimum atomic E-state index is -0.397. The number of phenols is 1. The third kappa shape index (κ3) is 2.51. The molecule has 2 nitrogen and oxygen atoms in total. The van der Waals surface area contributed by atoms with E-state index in [0.29, 0.717) is 12.3 Å². The smallest absolute Gasteiger partial charge is 0.141 e. The van der Waals surface area contributed by atoms with Crippen LogP contribution in [0.4, 0.5) is 4.39 Å². The zero-order valence-corrected chi connectivity index (χ0v) is 11.6. The summed E-state index contributed by atoms with van der Waals surface area (Å²) in [7, 11) is 0. The van der Waals surface area contributed by atoms with Crippen LogP contribution in [0.2, 0.25) is 5.02 Å². The molecule has 0 saturated heterocycles. The lowest BCUT2D eigenvalue weighted by molar-refractivity contribution is 0.469. The van der Waals surface area contributed by atoms with Gasteiger partial charge in [0, 0.05) is 12.6 Å². The number of benzene rings is 2. The molecule has 2 N–H and O–H groups in total. The van der Waals surface area contributed by atoms with E-state index in [2.05, 4.69) is 5.32 Å². The fourth-order valence-corrected chi connectivity index (χ4v) is 2.94. The van der Waals surface area contributed by atoms with Gasteiger partial charge in [0.2, 0.25) is 0 Å². The molecule has 0 fully saturated rings. The molecule has 2 aromatic carbocycles. The predicted octanol–water partition coefficient (Wildman–Crippen LogP) is 3.96. The molecule has 0 aliphatic heterocycles. The van der Waals surface area contributed by atoms with Crippen LogP contribution < -0.4 is 5.32 Å². The fourth-order valence-electron chi connectivity index (χ4n) is 2.74. The highest BCUT2D eigenvalue weighted by Gasteiger charge is 2.23. The van der Waals surface area contributed by atoms with Gasteiger partial charge in [-0.05, 0) is 47.7 Å². The second-order valence-electron chi connectivity index (χ2n) is 5.07. The minimum absolute atomic E-state index is 0.147. The van der Waals surface area contributed by atoms with E-state index in [9.17, 15) is 9.50 Å². The van der Waals surface area contributed by atoms with E-state index in [1.54, 1.807) is 18.2 Å². The molecule has 0 saturated carbocycles. The molecule has 1 unspecified atom stereocenters. The van der Waals surface area contributed by atoms with Gasteiger partial charge in [0.1, 0.15) is 11.6 Å². The first-order valence-corrected chi connectivity index (χ1v) is 7.01. The molecule has 0 bridgehead atoms. The fraction of sp³-hybridized carbons (Fsp3) is 0.250. The molecule has 4 heteroatoms. The highest BCUT2D eigenvalue weighted by molar-refractivity contribution is 6.30. The molecule has 20 heavy (non-hydrogen) atoms. The largest absolute Gasteiger partial charge is 0.508 e. The molecule has 2 aromatic rings. The lowest BCUT2D eigenvalue weighted by Gasteiger charge is -2.14. The molecule has 1 atom stereocenters. The van der Waals surface area contributed by atoms with Gasteiger partial charge in [-0.15, -0.1) is 0 Å². The van der Waals surface area contributed by atoms with Gasteiger partial charge in [0.25, 0.3) is 0 Å². The van der Waals surface area contributed by atoms with Crippen molar-refractivity contribution in [3.63, 3.8) is 0 Å². The standard InChI is InChI=1S/C16H15ClFNO/c17-13-8-10(4-6-14(13)18)9-19-15-7-5-12-11(15)2-1-3-16(12)20/h1-4,6,8,15,19-20H,5,7,9H2. The lowest BCUT2D eigenvalue weighted by atomic mass is 10.1. The van der Waals surface area contributed by atoms with Gasteiger partial charge in [-0.1, -0.05) is 29.8 Å². The molecule has 1 aliphatic rings. The first-order chi connectivity index (χ1) is 9.65. The number of hydrogen-bond acceptors (Lipinski definition) is 2. The Labute approximate surface area is 122 Å². The first kappa shape index (κ1) is 13.4. The molecular weight excluding hydrogens is 277 g/mol. The van der Waals surface area contributed by atoms with Crippen LogP contribution in [-0.2, 0) is 13.0 Å². The summed E-state index contributed by atoms with van der Waals surface area (Å²) in [6.45, 7) is 0.625. The Morgan fingerprint density at radius 2 is 2.15 bits per heavy atom. The van der Waals surface area contributed by atoms with Crippen molar-refractivity contribution in [3.05, 3.63) is 63.9 Å². The van der Waals surface area contributed by atoms with E-state index in [1.165, 1.54) is 6.07 Å². The number of nitrogens with one attached hydrogen (secondary N) is 1. The van der Waals surface area contributed by atoms with Gasteiger partial charge in [-0.25, -0.2) is 4.39 Å². The monoisotopic (exact) mass is 291 g/mol. The summed E-state index contributed by atoms with van der Waals surface area (Å²) in [5.74, 6) is -0.0248. The molecule has 0 radical (unpaired) electrons. The van der Waals surface area contributed by atoms with Crippen molar-refractivity contribution in [2.75, 3.05) is 0 Å². The quantitative estimate of drug-likeness (QED) is 0.897. The molecule has 0 aromatic heterocycles. The molecule has 0 spiro atoms. The zero-order chi connectivity index (χ0) is 14.1. The Morgan fingerprint density at radius 1 is 1.30 bits per heavy atom. The Balaban J connectivity index is 1.72. The highest BCUT2D eigenvalue weighted by Crippen LogP contribution is 2.36. The number of fused-ring (bicyclic) bond motifs is 1. The van der Waals surface area contributed by atoms with Crippen molar-refractivity contribution < 1.29 is 9.50 Å². The summed E-state index contributed by atoms with van der Waals surface area (Å²) in [6.07, 6.45) is 1.84. The molecule has 3 rings (SSSR count). The van der Waals surface area contributed by atoms with E-state index >= 15 is 0 Å². The van der Waals surface area contributed by atoms with Gasteiger partial charge < -0.3 is 10.4 Å². The van der Waals surface area contributed by atoms with E-state index in [1.807, 2.05) is 12.1 Å². The van der Waals surface area contributed by atoms with Crippen LogP contribution in [0.25, 0.3) is 0 Å². The number of phenolic OH excluding ortho intramolecular Hbond substituents is 1. The molecule has 1 aliphatic carbocycles. The SMILES string of the molecule is Oc1cccc2c1CCC2NCc1ccc(F)c(Cl)c1. The summed E-state index contributed by atoms with van der Waals surface area (Å²) < 4.78 is 13.1. The Kier molecular flexibility index (Phi) is 3.64. The Bertz CT molecular complexity index is 644. The van der Waals surface area contributed by atoms with Crippen molar-refractivity contribution >= 4 is 11.6 Å². The summed E-state index contributed by atoms with van der Waals surface area (Å²) >= 11 is 5.78. The number of aromatic hydroxyl groups is 1. The zero-order valence-electron chi connectivity index (χ0n) is 10.9. The lowest BCUT2D eigenvalue weighted by Crippen LogP contribution is -2.18. The van der Waals surface area contributed by atoms with Crippen molar-refractivity contribution in [2.24, 2.45) is 0 Å². The second-order valence-corrected chi connectivity index (χ2v) is 5.47. The van der Waals surface area contributed by atoms with Gasteiger partial charge in [0.05, 0.1) is 5.02 Å². The van der Waals surface area contributed by atoms with Crippen molar-refractivity contribution in [2.45, 2.75) is 25.4 Å². The summed E-state index contributed by atoms with van der Waals surface area (Å²) in [6, 6.07) is 10.6. The third-order valence-corrected chi connectivity index (χ3v) is 4.07. The van der Waals surface area contributed by atoms with E-state index in [0.717, 1.165) is 29.5 Å². The van der Waals surface area contributed by atoms with Crippen LogP contribution in [0.3, 0.4) is 0 Å². The minimum Gasteiger partial charge on any atom is -0.508 e. The average Bonchev–Trinajstić information content (AvgIpc) is 2.85. The molecular formula is C16H15ClFNO. The van der Waals surface area contributed by atoms with Crippen LogP contribution >= 0.6 is 11.6 Å². The summed E-state index contributed by atoms with van der Waals surface area (Å²) in [4.78, 5) is 0. The van der Waals surface area contributed by atoms with Crippen LogP contribution in [0, 0.1) is 5.82 Å². The summed E-state index contributed by atoms with van der Waals surface area (Å²) in [5, 5.41) is 13.4. The first-order valence-electron chi connectivity index (χ1n) is 6.63. The Hall–Kier alpha value is -1.58. The number of halogens is 2. The number of rotatable bonds is 3. The maximum Gasteiger partial charge on any atom is 0.141 e. The van der Waals surface area contributed by atoms with E-state index in [4.69, 9.17) is 11.6 Å². The van der Waals surface area contributed by atoms with Crippen LogP contribution in [0.5, 0.6) is 5.75 Å². The molecule has 0 amide bonds. The predicted molar refractivity (Wildman–Crippen MR) is 77.4 cm³/mol. The van der Waals surface area contributed by atoms with Crippen LogP contribution in [0.15, 0.2) is 36.4 Å². The topological polar surface area (TPSA) is 32.3 Å². The van der Waals surface area contributed by atoms with E-state index < -0.39 is 5.82 Å². The van der Waals surface area contributed by atoms with Crippen molar-refractivity contribution in [1.82, 2.24) is 5.32 Å². The van der Waals surface area contributed by atoms with Gasteiger partial charge in [0.15, 0.2) is 0 Å².